The number of fused-ring (bicyclic) bond motifs is 1. The summed E-state index contributed by atoms with van der Waals surface area (Å²) in [5.41, 5.74) is 0.637. The Morgan fingerprint density at radius 2 is 1.96 bits per heavy atom. The molecule has 1 aliphatic heterocycles. The Balaban J connectivity index is 1.46. The van der Waals surface area contributed by atoms with Crippen molar-refractivity contribution in [1.82, 2.24) is 25.2 Å². The Hall–Kier alpha value is -2.22. The molecule has 2 aromatic heterocycles. The van der Waals surface area contributed by atoms with Gasteiger partial charge in [0.15, 0.2) is 5.52 Å². The van der Waals surface area contributed by atoms with Crippen molar-refractivity contribution >= 4 is 16.8 Å². The number of likely N-dealkylation sites (tertiary alicyclic amines) is 1. The number of hydrogen-bond acceptors (Lipinski definition) is 6. The van der Waals surface area contributed by atoms with Crippen LogP contribution in [0.1, 0.15) is 43.6 Å². The fraction of sp³-hybridized carbons (Fsp3) is 0.667. The number of piperidine rings is 1. The van der Waals surface area contributed by atoms with E-state index in [9.17, 15) is 9.59 Å². The zero-order chi connectivity index (χ0) is 18.5. The third kappa shape index (κ3) is 4.30. The lowest BCUT2D eigenvalue weighted by Crippen LogP contribution is -2.34. The van der Waals surface area contributed by atoms with Crippen LogP contribution in [0.5, 0.6) is 0 Å². The van der Waals surface area contributed by atoms with E-state index in [4.69, 9.17) is 4.52 Å². The number of carbonyl (C=O) groups is 1. The quantitative estimate of drug-likeness (QED) is 0.749. The number of aromatic nitrogens is 3. The third-order valence-corrected chi connectivity index (χ3v) is 4.90. The second-order valence-corrected chi connectivity index (χ2v) is 6.93. The molecular formula is C18H27N5O3. The van der Waals surface area contributed by atoms with Gasteiger partial charge in [0.2, 0.25) is 5.91 Å². The van der Waals surface area contributed by atoms with Gasteiger partial charge in [0.1, 0.15) is 5.76 Å². The van der Waals surface area contributed by atoms with E-state index >= 15 is 0 Å². The summed E-state index contributed by atoms with van der Waals surface area (Å²) in [6, 6.07) is 0. The number of rotatable bonds is 7. The van der Waals surface area contributed by atoms with Crippen LogP contribution in [0.4, 0.5) is 0 Å². The summed E-state index contributed by atoms with van der Waals surface area (Å²) in [7, 11) is 0. The normalized spacial score (nSPS) is 15.5. The lowest BCUT2D eigenvalue weighted by molar-refractivity contribution is -0.121. The maximum absolute atomic E-state index is 12.4. The van der Waals surface area contributed by atoms with Gasteiger partial charge in [0.25, 0.3) is 5.56 Å². The highest BCUT2D eigenvalue weighted by Crippen LogP contribution is 2.16. The van der Waals surface area contributed by atoms with Gasteiger partial charge in [0.05, 0.1) is 17.6 Å². The molecule has 0 radical (unpaired) electrons. The molecule has 142 valence electrons. The molecule has 1 aliphatic rings. The summed E-state index contributed by atoms with van der Waals surface area (Å²) in [6.07, 6.45) is 5.07. The van der Waals surface area contributed by atoms with Crippen molar-refractivity contribution in [2.45, 2.75) is 52.5 Å². The van der Waals surface area contributed by atoms with E-state index in [0.717, 1.165) is 13.0 Å². The number of nitrogens with zero attached hydrogens (tertiary/aromatic N) is 4. The molecule has 0 aromatic carbocycles. The molecule has 8 nitrogen and oxygen atoms in total. The van der Waals surface area contributed by atoms with Gasteiger partial charge in [-0.15, -0.1) is 0 Å². The van der Waals surface area contributed by atoms with Crippen LogP contribution in [0.15, 0.2) is 9.32 Å². The SMILES string of the molecule is Cc1nn(CCC(=O)NCCCN2CCCCC2)c(=O)c2noc(C)c12. The van der Waals surface area contributed by atoms with Crippen LogP contribution in [0.3, 0.4) is 0 Å². The molecule has 1 saturated heterocycles. The van der Waals surface area contributed by atoms with Crippen molar-refractivity contribution in [1.29, 1.82) is 0 Å². The minimum atomic E-state index is -0.319. The van der Waals surface area contributed by atoms with Crippen molar-refractivity contribution in [3.05, 3.63) is 21.8 Å². The molecule has 3 rings (SSSR count). The van der Waals surface area contributed by atoms with Crippen LogP contribution in [-0.2, 0) is 11.3 Å². The van der Waals surface area contributed by atoms with Gasteiger partial charge in [-0.25, -0.2) is 4.68 Å². The molecule has 1 N–H and O–H groups in total. The fourth-order valence-electron chi connectivity index (χ4n) is 3.50. The summed E-state index contributed by atoms with van der Waals surface area (Å²) < 4.78 is 6.38. The second kappa shape index (κ2) is 8.44. The zero-order valence-corrected chi connectivity index (χ0v) is 15.6. The van der Waals surface area contributed by atoms with Crippen LogP contribution < -0.4 is 10.9 Å². The highest BCUT2D eigenvalue weighted by molar-refractivity contribution is 5.81. The van der Waals surface area contributed by atoms with Crippen LogP contribution >= 0.6 is 0 Å². The molecule has 26 heavy (non-hydrogen) atoms. The molecule has 0 aliphatic carbocycles. The second-order valence-electron chi connectivity index (χ2n) is 6.93. The molecular weight excluding hydrogens is 334 g/mol. The summed E-state index contributed by atoms with van der Waals surface area (Å²) in [5, 5.41) is 11.7. The highest BCUT2D eigenvalue weighted by atomic mass is 16.5. The number of aryl methyl sites for hydroxylation is 3. The van der Waals surface area contributed by atoms with E-state index in [1.54, 1.807) is 6.92 Å². The first kappa shape index (κ1) is 18.6. The monoisotopic (exact) mass is 361 g/mol. The smallest absolute Gasteiger partial charge is 0.296 e. The van der Waals surface area contributed by atoms with Crippen LogP contribution in [0.2, 0.25) is 0 Å². The maximum Gasteiger partial charge on any atom is 0.296 e. The van der Waals surface area contributed by atoms with Crippen molar-refractivity contribution in [3.63, 3.8) is 0 Å². The van der Waals surface area contributed by atoms with Crippen LogP contribution in [0.25, 0.3) is 10.9 Å². The number of nitrogens with one attached hydrogen (secondary N) is 1. The molecule has 0 unspecified atom stereocenters. The molecule has 3 heterocycles. The average Bonchev–Trinajstić information content (AvgIpc) is 3.04. The molecule has 0 saturated carbocycles. The van der Waals surface area contributed by atoms with Gasteiger partial charge in [-0.05, 0) is 52.7 Å². The standard InChI is InChI=1S/C18H27N5O3/c1-13-16-14(2)26-21-17(16)18(25)23(20-13)12-7-15(24)19-8-6-11-22-9-4-3-5-10-22/h3-12H2,1-2H3,(H,19,24). The topological polar surface area (TPSA) is 93.3 Å². The summed E-state index contributed by atoms with van der Waals surface area (Å²) in [6.45, 7) is 7.84. The molecule has 1 amide bonds. The van der Waals surface area contributed by atoms with E-state index in [-0.39, 0.29) is 29.9 Å². The highest BCUT2D eigenvalue weighted by Gasteiger charge is 2.15. The van der Waals surface area contributed by atoms with Crippen molar-refractivity contribution in [2.75, 3.05) is 26.2 Å². The van der Waals surface area contributed by atoms with E-state index in [1.165, 1.54) is 37.0 Å². The largest absolute Gasteiger partial charge is 0.360 e. The molecule has 0 spiro atoms. The predicted octanol–water partition coefficient (Wildman–Crippen LogP) is 1.38. The zero-order valence-electron chi connectivity index (χ0n) is 15.6. The Morgan fingerprint density at radius 1 is 1.19 bits per heavy atom. The van der Waals surface area contributed by atoms with Gasteiger partial charge in [-0.3, -0.25) is 9.59 Å². The van der Waals surface area contributed by atoms with Crippen LogP contribution in [0, 0.1) is 13.8 Å². The van der Waals surface area contributed by atoms with E-state index in [2.05, 4.69) is 20.5 Å². The molecule has 0 bridgehead atoms. The average molecular weight is 361 g/mol. The Kier molecular flexibility index (Phi) is 6.03. The number of hydrogen-bond donors (Lipinski definition) is 1. The number of carbonyl (C=O) groups excluding carboxylic acids is 1. The first-order valence-corrected chi connectivity index (χ1v) is 9.39. The Bertz CT molecular complexity index is 820. The van der Waals surface area contributed by atoms with E-state index < -0.39 is 0 Å². The molecule has 0 atom stereocenters. The van der Waals surface area contributed by atoms with E-state index in [0.29, 0.717) is 23.4 Å². The summed E-state index contributed by atoms with van der Waals surface area (Å²) >= 11 is 0. The summed E-state index contributed by atoms with van der Waals surface area (Å²) in [5.74, 6) is 0.520. The fourth-order valence-corrected chi connectivity index (χ4v) is 3.50. The van der Waals surface area contributed by atoms with Gasteiger partial charge in [0, 0.05) is 13.0 Å². The Morgan fingerprint density at radius 3 is 2.73 bits per heavy atom. The first-order chi connectivity index (χ1) is 12.6. The first-order valence-electron chi connectivity index (χ1n) is 9.39. The van der Waals surface area contributed by atoms with Crippen LogP contribution in [-0.4, -0.2) is 51.9 Å². The van der Waals surface area contributed by atoms with E-state index in [1.807, 2.05) is 6.92 Å². The lowest BCUT2D eigenvalue weighted by Gasteiger charge is -2.26. The van der Waals surface area contributed by atoms with Gasteiger partial charge >= 0.3 is 0 Å². The van der Waals surface area contributed by atoms with Gasteiger partial charge in [-0.2, -0.15) is 5.10 Å². The summed E-state index contributed by atoms with van der Waals surface area (Å²) in [4.78, 5) is 26.9. The lowest BCUT2D eigenvalue weighted by atomic mass is 10.1. The van der Waals surface area contributed by atoms with Crippen molar-refractivity contribution < 1.29 is 9.32 Å². The minimum Gasteiger partial charge on any atom is -0.360 e. The van der Waals surface area contributed by atoms with Gasteiger partial charge in [-0.1, -0.05) is 11.6 Å². The number of amides is 1. The third-order valence-electron chi connectivity index (χ3n) is 4.90. The van der Waals surface area contributed by atoms with Crippen molar-refractivity contribution in [2.24, 2.45) is 0 Å². The predicted molar refractivity (Wildman–Crippen MR) is 98.1 cm³/mol. The molecule has 2 aromatic rings. The molecule has 1 fully saturated rings. The maximum atomic E-state index is 12.4. The van der Waals surface area contributed by atoms with Gasteiger partial charge < -0.3 is 14.7 Å². The minimum absolute atomic E-state index is 0.0635. The molecule has 8 heteroatoms. The Labute approximate surface area is 152 Å². The van der Waals surface area contributed by atoms with Crippen molar-refractivity contribution in [3.8, 4) is 0 Å².